The monoisotopic (exact) mass is 627 g/mol. The summed E-state index contributed by atoms with van der Waals surface area (Å²) in [4.78, 5) is 32.0. The first-order chi connectivity index (χ1) is 21.3. The zero-order chi connectivity index (χ0) is 30.8. The number of aryl methyl sites for hydroxylation is 3. The predicted octanol–water partition coefficient (Wildman–Crippen LogP) is 5.22. The zero-order valence-electron chi connectivity index (χ0n) is 23.7. The van der Waals surface area contributed by atoms with Gasteiger partial charge in [0.15, 0.2) is 4.34 Å². The molecule has 13 heteroatoms. The van der Waals surface area contributed by atoms with Gasteiger partial charge in [-0.2, -0.15) is 0 Å². The fourth-order valence-corrected chi connectivity index (χ4v) is 6.49. The summed E-state index contributed by atoms with van der Waals surface area (Å²) in [6, 6.07) is 19.1. The van der Waals surface area contributed by atoms with Crippen LogP contribution in [0.3, 0.4) is 0 Å². The smallest absolute Gasteiger partial charge is 0.267 e. The van der Waals surface area contributed by atoms with Gasteiger partial charge in [-0.15, -0.1) is 10.2 Å². The lowest BCUT2D eigenvalue weighted by molar-refractivity contribution is 0.102. The summed E-state index contributed by atoms with van der Waals surface area (Å²) in [7, 11) is 1.60. The molecule has 6 rings (SSSR count). The Morgan fingerprint density at radius 1 is 1.09 bits per heavy atom. The summed E-state index contributed by atoms with van der Waals surface area (Å²) in [5.41, 5.74) is 2.70. The molecule has 0 bridgehead atoms. The first-order valence-electron chi connectivity index (χ1n) is 13.6. The summed E-state index contributed by atoms with van der Waals surface area (Å²) in [5, 5.41) is 20.3. The molecule has 0 fully saturated rings. The van der Waals surface area contributed by atoms with E-state index in [1.807, 2.05) is 37.3 Å². The molecule has 0 aliphatic rings. The highest BCUT2D eigenvalue weighted by Gasteiger charge is 2.20. The number of methoxy groups -OCH3 is 1. The third-order valence-corrected chi connectivity index (χ3v) is 9.12. The van der Waals surface area contributed by atoms with Crippen molar-refractivity contribution in [1.29, 1.82) is 5.41 Å². The van der Waals surface area contributed by atoms with Crippen molar-refractivity contribution in [3.63, 3.8) is 0 Å². The van der Waals surface area contributed by atoms with Gasteiger partial charge in [0.05, 0.1) is 18.1 Å². The van der Waals surface area contributed by atoms with Crippen molar-refractivity contribution in [2.45, 2.75) is 30.0 Å². The Morgan fingerprint density at radius 3 is 2.66 bits per heavy atom. The van der Waals surface area contributed by atoms with Crippen LogP contribution in [-0.4, -0.2) is 37.2 Å². The zero-order valence-corrected chi connectivity index (χ0v) is 25.3. The average Bonchev–Trinajstić information content (AvgIpc) is 3.48. The molecular weight excluding hydrogens is 602 g/mol. The highest BCUT2D eigenvalue weighted by atomic mass is 32.2. The molecule has 0 radical (unpaired) electrons. The molecule has 0 atom stereocenters. The Kier molecular flexibility index (Phi) is 8.22. The molecule has 2 N–H and O–H groups in total. The molecule has 4 aromatic heterocycles. The van der Waals surface area contributed by atoms with Crippen LogP contribution in [0.1, 0.15) is 27.0 Å². The van der Waals surface area contributed by atoms with Crippen molar-refractivity contribution in [2.75, 3.05) is 12.4 Å². The average molecular weight is 628 g/mol. The normalized spacial score (nSPS) is 11.2. The molecule has 1 amide bonds. The lowest BCUT2D eigenvalue weighted by Gasteiger charge is -2.15. The minimum atomic E-state index is -0.606. The maximum Gasteiger partial charge on any atom is 0.267 e. The number of rotatable bonds is 9. The van der Waals surface area contributed by atoms with Crippen molar-refractivity contribution >= 4 is 50.8 Å². The Labute approximate surface area is 258 Å². The van der Waals surface area contributed by atoms with Gasteiger partial charge in [-0.05, 0) is 60.4 Å². The van der Waals surface area contributed by atoms with E-state index in [0.29, 0.717) is 39.9 Å². The van der Waals surface area contributed by atoms with Crippen LogP contribution in [0.4, 0.5) is 9.52 Å². The van der Waals surface area contributed by atoms with Crippen LogP contribution in [0, 0.1) is 18.2 Å². The number of fused-ring (bicyclic) bond motifs is 2. The van der Waals surface area contributed by atoms with Gasteiger partial charge in [-0.1, -0.05) is 59.5 Å². The SMILES string of the molecule is COc1ccc(CCn2c(=N)c(C(=O)Nc3nnc(SCc4ccccc4F)s3)cc3c(=O)n4cccc(C)c4nc32)cc1. The minimum Gasteiger partial charge on any atom is -0.497 e. The Morgan fingerprint density at radius 2 is 1.89 bits per heavy atom. The van der Waals surface area contributed by atoms with E-state index < -0.39 is 5.91 Å². The maximum absolute atomic E-state index is 14.0. The van der Waals surface area contributed by atoms with Gasteiger partial charge in [-0.25, -0.2) is 9.37 Å². The molecule has 44 heavy (non-hydrogen) atoms. The number of thioether (sulfide) groups is 1. The van der Waals surface area contributed by atoms with Gasteiger partial charge in [0, 0.05) is 18.5 Å². The molecule has 6 aromatic rings. The second kappa shape index (κ2) is 12.4. The van der Waals surface area contributed by atoms with E-state index in [0.717, 1.165) is 28.2 Å². The van der Waals surface area contributed by atoms with Crippen LogP contribution in [0.5, 0.6) is 5.75 Å². The summed E-state index contributed by atoms with van der Waals surface area (Å²) in [5.74, 6) is 0.181. The first-order valence-corrected chi connectivity index (χ1v) is 15.4. The van der Waals surface area contributed by atoms with Crippen LogP contribution in [0.25, 0.3) is 16.7 Å². The molecule has 0 aliphatic heterocycles. The van der Waals surface area contributed by atoms with Crippen molar-refractivity contribution in [3.05, 3.63) is 117 Å². The lowest BCUT2D eigenvalue weighted by atomic mass is 10.1. The minimum absolute atomic E-state index is 0.00510. The fraction of sp³-hybridized carbons (Fsp3) is 0.161. The highest BCUT2D eigenvalue weighted by molar-refractivity contribution is 8.00. The number of carbonyl (C=O) groups excluding carboxylic acids is 1. The molecule has 0 spiro atoms. The summed E-state index contributed by atoms with van der Waals surface area (Å²) < 4.78 is 22.8. The van der Waals surface area contributed by atoms with Gasteiger partial charge in [0.1, 0.15) is 28.3 Å². The van der Waals surface area contributed by atoms with Gasteiger partial charge >= 0.3 is 0 Å². The second-order valence-electron chi connectivity index (χ2n) is 9.90. The number of pyridine rings is 2. The van der Waals surface area contributed by atoms with Gasteiger partial charge in [-0.3, -0.25) is 24.7 Å². The largest absolute Gasteiger partial charge is 0.497 e. The van der Waals surface area contributed by atoms with Gasteiger partial charge in [0.2, 0.25) is 5.13 Å². The quantitative estimate of drug-likeness (QED) is 0.128. The summed E-state index contributed by atoms with van der Waals surface area (Å²) in [6.07, 6.45) is 2.16. The van der Waals surface area contributed by atoms with Crippen LogP contribution in [-0.2, 0) is 18.7 Å². The molecule has 0 saturated heterocycles. The number of hydrogen-bond donors (Lipinski definition) is 2. The van der Waals surface area contributed by atoms with Gasteiger partial charge in [0.25, 0.3) is 11.5 Å². The van der Waals surface area contributed by atoms with Crippen LogP contribution in [0.2, 0.25) is 0 Å². The predicted molar refractivity (Wildman–Crippen MR) is 168 cm³/mol. The number of aromatic nitrogens is 5. The standard InChI is InChI=1S/C31H26FN7O3S2/c1-18-6-5-14-39-26(18)34-27-23(29(39)41)16-22(25(33)38(27)15-13-19-9-11-21(42-2)12-10-19)28(40)35-30-36-37-31(44-30)43-17-20-7-3-4-8-24(20)32/h3-12,14,16,33H,13,15,17H2,1-2H3,(H,35,36,40). The van der Waals surface area contributed by atoms with Crippen LogP contribution in [0.15, 0.2) is 82.1 Å². The number of hydrogen-bond acceptors (Lipinski definition) is 9. The number of halogens is 1. The Bertz CT molecular complexity index is 2140. The fourth-order valence-electron chi connectivity index (χ4n) is 4.76. The second-order valence-corrected chi connectivity index (χ2v) is 12.1. The molecule has 0 saturated carbocycles. The van der Waals surface area contributed by atoms with Crippen molar-refractivity contribution in [2.24, 2.45) is 0 Å². The van der Waals surface area contributed by atoms with Crippen molar-refractivity contribution in [3.8, 4) is 5.75 Å². The van der Waals surface area contributed by atoms with E-state index in [1.165, 1.54) is 28.3 Å². The molecule has 0 unspecified atom stereocenters. The van der Waals surface area contributed by atoms with Crippen molar-refractivity contribution < 1.29 is 13.9 Å². The number of nitrogens with zero attached hydrogens (tertiary/aromatic N) is 5. The third-order valence-electron chi connectivity index (χ3n) is 7.10. The third kappa shape index (κ3) is 5.83. The molecular formula is C31H26FN7O3S2. The van der Waals surface area contributed by atoms with E-state index in [2.05, 4.69) is 15.5 Å². The number of anilines is 1. The van der Waals surface area contributed by atoms with E-state index >= 15 is 0 Å². The lowest BCUT2D eigenvalue weighted by Crippen LogP contribution is -2.32. The van der Waals surface area contributed by atoms with Crippen LogP contribution >= 0.6 is 23.1 Å². The topological polar surface area (TPSA) is 127 Å². The van der Waals surface area contributed by atoms with Gasteiger partial charge < -0.3 is 9.30 Å². The van der Waals surface area contributed by atoms with Crippen LogP contribution < -0.4 is 21.1 Å². The maximum atomic E-state index is 14.0. The molecule has 4 heterocycles. The Balaban J connectivity index is 1.34. The number of ether oxygens (including phenoxy) is 1. The first kappa shape index (κ1) is 29.2. The Hall–Kier alpha value is -4.88. The van der Waals surface area contributed by atoms with E-state index in [1.54, 1.807) is 42.1 Å². The summed E-state index contributed by atoms with van der Waals surface area (Å²) >= 11 is 2.44. The number of amides is 1. The van der Waals surface area contributed by atoms with Crippen molar-refractivity contribution in [1.82, 2.24) is 24.1 Å². The molecule has 222 valence electrons. The van der Waals surface area contributed by atoms with E-state index in [9.17, 15) is 14.0 Å². The summed E-state index contributed by atoms with van der Waals surface area (Å²) in [6.45, 7) is 2.16. The molecule has 2 aromatic carbocycles. The van der Waals surface area contributed by atoms with E-state index in [4.69, 9.17) is 15.1 Å². The highest BCUT2D eigenvalue weighted by Crippen LogP contribution is 2.29. The van der Waals surface area contributed by atoms with E-state index in [-0.39, 0.29) is 32.9 Å². The number of nitrogens with one attached hydrogen (secondary N) is 2. The molecule has 10 nitrogen and oxygen atoms in total. The number of benzene rings is 2. The number of carbonyl (C=O) groups is 1. The molecule has 0 aliphatic carbocycles.